The summed E-state index contributed by atoms with van der Waals surface area (Å²) >= 11 is 0. The van der Waals surface area contributed by atoms with Gasteiger partial charge in [-0.1, -0.05) is 19.9 Å². The highest BCUT2D eigenvalue weighted by Gasteiger charge is 1.96. The monoisotopic (exact) mass is 183 g/mol. The summed E-state index contributed by atoms with van der Waals surface area (Å²) in [4.78, 5) is 0. The number of hydrazone groups is 1. The molecular weight excluding hydrogens is 162 g/mol. The van der Waals surface area contributed by atoms with Crippen LogP contribution in [0.2, 0.25) is 0 Å². The quantitative estimate of drug-likeness (QED) is 0.282. The van der Waals surface area contributed by atoms with Crippen LogP contribution in [0.5, 0.6) is 0 Å². The third-order valence-corrected chi connectivity index (χ3v) is 1.71. The van der Waals surface area contributed by atoms with Crippen molar-refractivity contribution in [2.24, 2.45) is 5.10 Å². The second-order valence-corrected chi connectivity index (χ2v) is 2.93. The molecule has 0 aliphatic heterocycles. The minimum absolute atomic E-state index is 0.792. The molecule has 13 heavy (non-hydrogen) atoms. The normalized spacial score (nSPS) is 11.5. The molecule has 0 aromatic heterocycles. The molecule has 0 aliphatic carbocycles. The van der Waals surface area contributed by atoms with E-state index in [1.165, 1.54) is 0 Å². The number of nitrogens with zero attached hydrogens (tertiary/aromatic N) is 2. The largest absolute Gasteiger partial charge is 0.299 e. The lowest BCUT2D eigenvalue weighted by atomic mass is 10.3. The lowest BCUT2D eigenvalue weighted by Crippen LogP contribution is -2.31. The lowest BCUT2D eigenvalue weighted by Gasteiger charge is -2.18. The maximum absolute atomic E-state index is 4.44. The summed E-state index contributed by atoms with van der Waals surface area (Å²) in [6.45, 7) is 12.5. The number of hydrogen-bond donors (Lipinski definition) is 1. The topological polar surface area (TPSA) is 27.6 Å². The van der Waals surface area contributed by atoms with E-state index < -0.39 is 0 Å². The Bertz CT molecular complexity index is 164. The van der Waals surface area contributed by atoms with Crippen molar-refractivity contribution < 1.29 is 0 Å². The molecule has 1 N–H and O–H groups in total. The van der Waals surface area contributed by atoms with E-state index in [-0.39, 0.29) is 0 Å². The zero-order valence-corrected chi connectivity index (χ0v) is 9.01. The van der Waals surface area contributed by atoms with E-state index in [1.54, 1.807) is 0 Å². The maximum Gasteiger partial charge on any atom is 0.0858 e. The van der Waals surface area contributed by atoms with Gasteiger partial charge in [0.2, 0.25) is 0 Å². The van der Waals surface area contributed by atoms with Gasteiger partial charge >= 0.3 is 0 Å². The van der Waals surface area contributed by atoms with Crippen LogP contribution >= 0.6 is 0 Å². The second kappa shape index (κ2) is 7.80. The maximum atomic E-state index is 4.44. The third kappa shape index (κ3) is 6.34. The number of rotatable bonds is 7. The van der Waals surface area contributed by atoms with Crippen molar-refractivity contribution in [2.75, 3.05) is 19.8 Å². The Hall–Kier alpha value is -0.830. The van der Waals surface area contributed by atoms with Crippen LogP contribution in [0.15, 0.2) is 17.8 Å². The van der Waals surface area contributed by atoms with Crippen molar-refractivity contribution in [2.45, 2.75) is 27.2 Å². The van der Waals surface area contributed by atoms with Gasteiger partial charge in [0, 0.05) is 5.71 Å². The molecular formula is C10H21N3. The van der Waals surface area contributed by atoms with Gasteiger partial charge in [0.25, 0.3) is 0 Å². The van der Waals surface area contributed by atoms with Gasteiger partial charge in [-0.2, -0.15) is 5.10 Å². The van der Waals surface area contributed by atoms with Crippen molar-refractivity contribution in [3.8, 4) is 0 Å². The second-order valence-electron chi connectivity index (χ2n) is 2.93. The first kappa shape index (κ1) is 12.2. The molecule has 0 aromatic rings. The summed E-state index contributed by atoms with van der Waals surface area (Å²) < 4.78 is 0. The van der Waals surface area contributed by atoms with E-state index in [0.717, 1.165) is 31.9 Å². The summed E-state index contributed by atoms with van der Waals surface area (Å²) in [6.07, 6.45) is 2.86. The van der Waals surface area contributed by atoms with Crippen molar-refractivity contribution in [3.63, 3.8) is 0 Å². The summed E-state index contributed by atoms with van der Waals surface area (Å²) in [6, 6.07) is 0. The average molecular weight is 183 g/mol. The SMILES string of the molecule is C=CCN(CNCC)N=C(C)CC. The molecule has 0 rings (SSSR count). The van der Waals surface area contributed by atoms with E-state index >= 15 is 0 Å². The molecule has 0 fully saturated rings. The fraction of sp³-hybridized carbons (Fsp3) is 0.700. The van der Waals surface area contributed by atoms with Gasteiger partial charge in [-0.25, -0.2) is 0 Å². The van der Waals surface area contributed by atoms with E-state index in [4.69, 9.17) is 0 Å². The first-order valence-electron chi connectivity index (χ1n) is 4.85. The third-order valence-electron chi connectivity index (χ3n) is 1.71. The Kier molecular flexibility index (Phi) is 7.30. The van der Waals surface area contributed by atoms with Gasteiger partial charge < -0.3 is 0 Å². The van der Waals surface area contributed by atoms with E-state index in [9.17, 15) is 0 Å². The molecule has 3 heteroatoms. The Morgan fingerprint density at radius 3 is 2.69 bits per heavy atom. The highest BCUT2D eigenvalue weighted by Crippen LogP contribution is 1.92. The Balaban J connectivity index is 3.99. The molecule has 0 spiro atoms. The first-order valence-corrected chi connectivity index (χ1v) is 4.85. The van der Waals surface area contributed by atoms with Crippen LogP contribution in [-0.2, 0) is 0 Å². The van der Waals surface area contributed by atoms with Crippen molar-refractivity contribution >= 4 is 5.71 Å². The van der Waals surface area contributed by atoms with Crippen LogP contribution in [0, 0.1) is 0 Å². The van der Waals surface area contributed by atoms with Gasteiger partial charge in [-0.15, -0.1) is 6.58 Å². The first-order chi connectivity index (χ1) is 6.24. The molecule has 0 radical (unpaired) electrons. The number of hydrogen-bond acceptors (Lipinski definition) is 3. The molecule has 0 heterocycles. The minimum atomic E-state index is 0.792. The summed E-state index contributed by atoms with van der Waals surface area (Å²) in [5.74, 6) is 0. The van der Waals surface area contributed by atoms with Crippen LogP contribution in [0.1, 0.15) is 27.2 Å². The molecule has 0 bridgehead atoms. The zero-order valence-electron chi connectivity index (χ0n) is 9.01. The average Bonchev–Trinajstić information content (AvgIpc) is 2.14. The van der Waals surface area contributed by atoms with Gasteiger partial charge in [-0.05, 0) is 19.9 Å². The lowest BCUT2D eigenvalue weighted by molar-refractivity contribution is 0.295. The molecule has 0 aromatic carbocycles. The molecule has 76 valence electrons. The van der Waals surface area contributed by atoms with E-state index in [1.807, 2.05) is 18.0 Å². The van der Waals surface area contributed by atoms with Crippen LogP contribution in [0.25, 0.3) is 0 Å². The summed E-state index contributed by atoms with van der Waals surface area (Å²) in [7, 11) is 0. The summed E-state index contributed by atoms with van der Waals surface area (Å²) in [5.41, 5.74) is 1.15. The molecule has 0 aliphatic rings. The van der Waals surface area contributed by atoms with E-state index in [2.05, 4.69) is 30.8 Å². The Morgan fingerprint density at radius 2 is 2.23 bits per heavy atom. The van der Waals surface area contributed by atoms with Crippen LogP contribution in [0.4, 0.5) is 0 Å². The fourth-order valence-corrected chi connectivity index (χ4v) is 0.843. The van der Waals surface area contributed by atoms with Gasteiger partial charge in [-0.3, -0.25) is 10.3 Å². The van der Waals surface area contributed by atoms with Gasteiger partial charge in [0.15, 0.2) is 0 Å². The minimum Gasteiger partial charge on any atom is -0.299 e. The predicted molar refractivity (Wildman–Crippen MR) is 58.8 cm³/mol. The van der Waals surface area contributed by atoms with Crippen molar-refractivity contribution in [1.29, 1.82) is 0 Å². The van der Waals surface area contributed by atoms with Gasteiger partial charge in [0.05, 0.1) is 13.2 Å². The van der Waals surface area contributed by atoms with Crippen LogP contribution in [0.3, 0.4) is 0 Å². The molecule has 0 amide bonds. The van der Waals surface area contributed by atoms with Gasteiger partial charge in [0.1, 0.15) is 0 Å². The Labute approximate surface area is 81.5 Å². The molecule has 0 saturated heterocycles. The van der Waals surface area contributed by atoms with Crippen LogP contribution < -0.4 is 5.32 Å². The Morgan fingerprint density at radius 1 is 1.54 bits per heavy atom. The number of nitrogens with one attached hydrogen (secondary N) is 1. The predicted octanol–water partition coefficient (Wildman–Crippen LogP) is 1.83. The zero-order chi connectivity index (χ0) is 10.1. The standard InChI is InChI=1S/C10H21N3/c1-5-8-13(9-11-7-3)12-10(4)6-2/h5,11H,1,6-9H2,2-4H3. The highest BCUT2D eigenvalue weighted by molar-refractivity contribution is 5.81. The van der Waals surface area contributed by atoms with Crippen molar-refractivity contribution in [3.05, 3.63) is 12.7 Å². The van der Waals surface area contributed by atoms with E-state index in [0.29, 0.717) is 0 Å². The molecule has 0 unspecified atom stereocenters. The molecule has 3 nitrogen and oxygen atoms in total. The smallest absolute Gasteiger partial charge is 0.0858 e. The molecule has 0 atom stereocenters. The van der Waals surface area contributed by atoms with Crippen LogP contribution in [-0.4, -0.2) is 30.5 Å². The summed E-state index contributed by atoms with van der Waals surface area (Å²) in [5, 5.41) is 9.65. The highest BCUT2D eigenvalue weighted by atomic mass is 15.5. The fourth-order valence-electron chi connectivity index (χ4n) is 0.843. The molecule has 0 saturated carbocycles. The van der Waals surface area contributed by atoms with Crippen molar-refractivity contribution in [1.82, 2.24) is 10.3 Å².